The molecule has 1 fully saturated rings. The Kier molecular flexibility index (Phi) is 5.23. The van der Waals surface area contributed by atoms with Gasteiger partial charge in [-0.05, 0) is 37.1 Å². The number of benzene rings is 1. The minimum Gasteiger partial charge on any atom is -0.354 e. The molecule has 0 radical (unpaired) electrons. The maximum Gasteiger partial charge on any atom is 0.242 e. The quantitative estimate of drug-likeness (QED) is 0.464. The first-order valence-corrected chi connectivity index (χ1v) is 11.5. The smallest absolute Gasteiger partial charge is 0.242 e. The van der Waals surface area contributed by atoms with Gasteiger partial charge < -0.3 is 10.6 Å². The van der Waals surface area contributed by atoms with Crippen LogP contribution in [0.5, 0.6) is 0 Å². The highest BCUT2D eigenvalue weighted by atomic mass is 32.2. The summed E-state index contributed by atoms with van der Waals surface area (Å²) >= 11 is 1.74. The number of rotatable bonds is 5. The number of anilines is 1. The normalized spacial score (nSPS) is 17.1. The third-order valence-corrected chi connectivity index (χ3v) is 6.30. The van der Waals surface area contributed by atoms with Crippen molar-refractivity contribution in [2.45, 2.75) is 37.1 Å². The number of aryl methyl sites for hydroxylation is 1. The predicted octanol–water partition coefficient (Wildman–Crippen LogP) is 2.87. The summed E-state index contributed by atoms with van der Waals surface area (Å²) in [4.78, 5) is 23.4. The van der Waals surface area contributed by atoms with Crippen LogP contribution in [-0.4, -0.2) is 53.6 Å². The van der Waals surface area contributed by atoms with Crippen molar-refractivity contribution < 1.29 is 4.79 Å². The van der Waals surface area contributed by atoms with Gasteiger partial charge in [0.25, 0.3) is 0 Å². The van der Waals surface area contributed by atoms with E-state index in [1.807, 2.05) is 25.4 Å². The Bertz CT molecular complexity index is 1260. The lowest BCUT2D eigenvalue weighted by Crippen LogP contribution is -2.38. The molecule has 1 saturated heterocycles. The molecule has 31 heavy (non-hydrogen) atoms. The molecule has 1 aliphatic heterocycles. The van der Waals surface area contributed by atoms with E-state index >= 15 is 0 Å². The molecule has 0 saturated carbocycles. The average molecular weight is 437 g/mol. The van der Waals surface area contributed by atoms with E-state index in [2.05, 4.69) is 28.7 Å². The number of fused-ring (bicyclic) bond motifs is 3. The van der Waals surface area contributed by atoms with E-state index in [9.17, 15) is 4.79 Å². The SMILES string of the molecule is CCSc1cccc2c1nc(N[C@@H]1CCCCNC1=O)n1nc(-c3cnn(C)c3)nc21. The number of carbonyl (C=O) groups excluding carboxylic acids is 1. The first-order valence-electron chi connectivity index (χ1n) is 10.5. The number of para-hydroxylation sites is 1. The van der Waals surface area contributed by atoms with Gasteiger partial charge in [0.2, 0.25) is 11.9 Å². The van der Waals surface area contributed by atoms with Crippen LogP contribution in [0.15, 0.2) is 35.5 Å². The van der Waals surface area contributed by atoms with E-state index in [1.54, 1.807) is 27.2 Å². The third kappa shape index (κ3) is 3.71. The molecule has 1 aromatic carbocycles. The van der Waals surface area contributed by atoms with E-state index in [0.29, 0.717) is 24.0 Å². The highest BCUT2D eigenvalue weighted by Gasteiger charge is 2.24. The molecule has 4 heterocycles. The van der Waals surface area contributed by atoms with Gasteiger partial charge in [0.1, 0.15) is 6.04 Å². The van der Waals surface area contributed by atoms with Crippen molar-refractivity contribution in [3.63, 3.8) is 0 Å². The number of hydrogen-bond donors (Lipinski definition) is 2. The summed E-state index contributed by atoms with van der Waals surface area (Å²) < 4.78 is 3.44. The number of nitrogens with zero attached hydrogens (tertiary/aromatic N) is 6. The Hall–Kier alpha value is -3.14. The molecule has 5 rings (SSSR count). The number of nitrogens with one attached hydrogen (secondary N) is 2. The largest absolute Gasteiger partial charge is 0.354 e. The van der Waals surface area contributed by atoms with E-state index in [4.69, 9.17) is 15.1 Å². The van der Waals surface area contributed by atoms with Crippen molar-refractivity contribution in [2.75, 3.05) is 17.6 Å². The van der Waals surface area contributed by atoms with Crippen LogP contribution in [0.25, 0.3) is 27.9 Å². The number of amides is 1. The molecule has 0 spiro atoms. The van der Waals surface area contributed by atoms with Crippen LogP contribution in [0.3, 0.4) is 0 Å². The zero-order valence-corrected chi connectivity index (χ0v) is 18.3. The maximum absolute atomic E-state index is 12.6. The summed E-state index contributed by atoms with van der Waals surface area (Å²) in [6.07, 6.45) is 6.34. The van der Waals surface area contributed by atoms with E-state index < -0.39 is 0 Å². The van der Waals surface area contributed by atoms with Crippen LogP contribution < -0.4 is 10.6 Å². The number of hydrogen-bond acceptors (Lipinski definition) is 7. The van der Waals surface area contributed by atoms with Gasteiger partial charge in [-0.15, -0.1) is 16.9 Å². The van der Waals surface area contributed by atoms with Crippen LogP contribution in [0, 0.1) is 0 Å². The number of aromatic nitrogens is 6. The fraction of sp³-hybridized carbons (Fsp3) is 0.381. The van der Waals surface area contributed by atoms with Crippen LogP contribution in [0.4, 0.5) is 5.95 Å². The van der Waals surface area contributed by atoms with Crippen molar-refractivity contribution >= 4 is 40.2 Å². The maximum atomic E-state index is 12.6. The molecule has 0 unspecified atom stereocenters. The fourth-order valence-corrected chi connectivity index (χ4v) is 4.64. The highest BCUT2D eigenvalue weighted by molar-refractivity contribution is 7.99. The summed E-state index contributed by atoms with van der Waals surface area (Å²) in [6, 6.07) is 5.75. The van der Waals surface area contributed by atoms with Gasteiger partial charge in [0, 0.05) is 30.1 Å². The average Bonchev–Trinajstić information content (AvgIpc) is 3.34. The van der Waals surface area contributed by atoms with Gasteiger partial charge >= 0.3 is 0 Å². The molecule has 3 aromatic heterocycles. The molecule has 10 heteroatoms. The summed E-state index contributed by atoms with van der Waals surface area (Å²) in [6.45, 7) is 2.83. The molecule has 9 nitrogen and oxygen atoms in total. The molecule has 1 amide bonds. The van der Waals surface area contributed by atoms with Gasteiger partial charge in [-0.25, -0.2) is 9.97 Å². The molecular weight excluding hydrogens is 412 g/mol. The van der Waals surface area contributed by atoms with Crippen molar-refractivity contribution in [3.05, 3.63) is 30.6 Å². The zero-order valence-electron chi connectivity index (χ0n) is 17.5. The summed E-state index contributed by atoms with van der Waals surface area (Å²) in [5, 5.41) is 16.2. The lowest BCUT2D eigenvalue weighted by Gasteiger charge is -2.17. The van der Waals surface area contributed by atoms with E-state index in [0.717, 1.165) is 46.4 Å². The Balaban J connectivity index is 1.70. The summed E-state index contributed by atoms with van der Waals surface area (Å²) in [5.41, 5.74) is 2.40. The standard InChI is InChI=1S/C21H24N8OS/c1-3-31-16-9-6-7-14-17(16)25-21(24-15-8-4-5-10-22-20(15)30)29-19(14)26-18(27-29)13-11-23-28(2)12-13/h6-7,9,11-12,15H,3-5,8,10H2,1-2H3,(H,22,30)(H,24,25)/t15-/m1/s1. The second kappa shape index (κ2) is 8.18. The van der Waals surface area contributed by atoms with Crippen molar-refractivity contribution in [3.8, 4) is 11.4 Å². The van der Waals surface area contributed by atoms with Gasteiger partial charge in [0.15, 0.2) is 11.5 Å². The second-order valence-electron chi connectivity index (χ2n) is 7.58. The van der Waals surface area contributed by atoms with Crippen LogP contribution in [-0.2, 0) is 11.8 Å². The summed E-state index contributed by atoms with van der Waals surface area (Å²) in [5.74, 6) is 2.03. The number of carbonyl (C=O) groups is 1. The van der Waals surface area contributed by atoms with Gasteiger partial charge in [-0.2, -0.15) is 9.61 Å². The highest BCUT2D eigenvalue weighted by Crippen LogP contribution is 2.31. The van der Waals surface area contributed by atoms with Gasteiger partial charge in [-0.3, -0.25) is 9.48 Å². The van der Waals surface area contributed by atoms with Crippen LogP contribution in [0.1, 0.15) is 26.2 Å². The fourth-order valence-electron chi connectivity index (χ4n) is 3.86. The Morgan fingerprint density at radius 2 is 2.19 bits per heavy atom. The van der Waals surface area contributed by atoms with Gasteiger partial charge in [-0.1, -0.05) is 13.0 Å². The molecule has 160 valence electrons. The minimum absolute atomic E-state index is 0.00337. The van der Waals surface area contributed by atoms with E-state index in [-0.39, 0.29) is 11.9 Å². The lowest BCUT2D eigenvalue weighted by atomic mass is 10.1. The van der Waals surface area contributed by atoms with Crippen molar-refractivity contribution in [1.82, 2.24) is 34.7 Å². The van der Waals surface area contributed by atoms with Crippen LogP contribution >= 0.6 is 11.8 Å². The molecule has 1 atom stereocenters. The number of thioether (sulfide) groups is 1. The van der Waals surface area contributed by atoms with Crippen molar-refractivity contribution in [1.29, 1.82) is 0 Å². The van der Waals surface area contributed by atoms with Gasteiger partial charge in [0.05, 0.1) is 17.3 Å². The predicted molar refractivity (Wildman–Crippen MR) is 121 cm³/mol. The Labute approximate surface area is 183 Å². The molecule has 0 bridgehead atoms. The third-order valence-electron chi connectivity index (χ3n) is 5.37. The van der Waals surface area contributed by atoms with E-state index in [1.165, 1.54) is 0 Å². The molecular formula is C21H24N8OS. The molecule has 1 aliphatic rings. The molecule has 4 aromatic rings. The van der Waals surface area contributed by atoms with Crippen molar-refractivity contribution in [2.24, 2.45) is 7.05 Å². The Morgan fingerprint density at radius 3 is 3.00 bits per heavy atom. The zero-order chi connectivity index (χ0) is 21.4. The molecule has 2 N–H and O–H groups in total. The first kappa shape index (κ1) is 19.8. The van der Waals surface area contributed by atoms with Crippen LogP contribution in [0.2, 0.25) is 0 Å². The summed E-state index contributed by atoms with van der Waals surface area (Å²) in [7, 11) is 1.86. The minimum atomic E-state index is -0.354. The lowest BCUT2D eigenvalue weighted by molar-refractivity contribution is -0.121. The Morgan fingerprint density at radius 1 is 1.29 bits per heavy atom. The second-order valence-corrected chi connectivity index (χ2v) is 8.88. The topological polar surface area (TPSA) is 102 Å². The monoisotopic (exact) mass is 436 g/mol. The first-order chi connectivity index (χ1) is 15.1. The molecule has 0 aliphatic carbocycles.